The topological polar surface area (TPSA) is 21.3 Å². The second-order valence-electron chi connectivity index (χ2n) is 3.18. The van der Waals surface area contributed by atoms with E-state index in [0.717, 1.165) is 12.2 Å². The molecule has 0 saturated heterocycles. The summed E-state index contributed by atoms with van der Waals surface area (Å²) in [6.45, 7) is 11.1. The zero-order valence-electron chi connectivity index (χ0n) is 7.98. The highest BCUT2D eigenvalue weighted by Gasteiger charge is 2.03. The van der Waals surface area contributed by atoms with E-state index in [0.29, 0.717) is 5.92 Å². The molecule has 0 rings (SSSR count). The van der Waals surface area contributed by atoms with Gasteiger partial charge in [0.25, 0.3) is 0 Å². The molecule has 0 aromatic heterocycles. The van der Waals surface area contributed by atoms with Gasteiger partial charge in [-0.2, -0.15) is 0 Å². The first-order valence-corrected chi connectivity index (χ1v) is 4.03. The quantitative estimate of drug-likeness (QED) is 0.657. The van der Waals surface area contributed by atoms with E-state index in [1.165, 1.54) is 0 Å². The molecule has 1 N–H and O–H groups in total. The van der Waals surface area contributed by atoms with Gasteiger partial charge in [-0.1, -0.05) is 20.4 Å². The molecule has 0 aliphatic carbocycles. The highest BCUT2D eigenvalue weighted by atomic mass is 16.5. The van der Waals surface area contributed by atoms with Crippen LogP contribution in [0.3, 0.4) is 0 Å². The van der Waals surface area contributed by atoms with E-state index in [1.54, 1.807) is 7.11 Å². The standard InChI is InChI=1S/C9H19NO/c1-7(2)6-10-8(3)9(4)11-5/h7,9-10H,3,6H2,1-2,4-5H3/t9-/m0/s1. The molecule has 0 unspecified atom stereocenters. The molecule has 0 spiro atoms. The highest BCUT2D eigenvalue weighted by Crippen LogP contribution is 1.99. The number of nitrogens with one attached hydrogen (secondary N) is 1. The lowest BCUT2D eigenvalue weighted by atomic mass is 10.2. The number of rotatable bonds is 5. The molecule has 0 bridgehead atoms. The summed E-state index contributed by atoms with van der Waals surface area (Å²) < 4.78 is 5.08. The van der Waals surface area contributed by atoms with Gasteiger partial charge in [0.15, 0.2) is 0 Å². The summed E-state index contributed by atoms with van der Waals surface area (Å²) in [5, 5.41) is 3.21. The fourth-order valence-corrected chi connectivity index (χ4v) is 0.621. The third-order valence-electron chi connectivity index (χ3n) is 1.58. The van der Waals surface area contributed by atoms with Gasteiger partial charge in [-0.05, 0) is 12.8 Å². The average Bonchev–Trinajstić information content (AvgIpc) is 1.98. The van der Waals surface area contributed by atoms with Gasteiger partial charge in [0.05, 0.1) is 6.10 Å². The average molecular weight is 157 g/mol. The Morgan fingerprint density at radius 1 is 1.45 bits per heavy atom. The summed E-state index contributed by atoms with van der Waals surface area (Å²) in [6, 6.07) is 0. The second kappa shape index (κ2) is 5.19. The maximum Gasteiger partial charge on any atom is 0.0931 e. The largest absolute Gasteiger partial charge is 0.386 e. The van der Waals surface area contributed by atoms with Crippen molar-refractivity contribution < 1.29 is 4.74 Å². The Morgan fingerprint density at radius 2 is 2.00 bits per heavy atom. The van der Waals surface area contributed by atoms with Crippen LogP contribution in [0.5, 0.6) is 0 Å². The molecule has 1 atom stereocenters. The summed E-state index contributed by atoms with van der Waals surface area (Å²) in [7, 11) is 1.69. The third-order valence-corrected chi connectivity index (χ3v) is 1.58. The van der Waals surface area contributed by atoms with Crippen molar-refractivity contribution in [2.24, 2.45) is 5.92 Å². The predicted octanol–water partition coefficient (Wildman–Crippen LogP) is 1.78. The van der Waals surface area contributed by atoms with Crippen LogP contribution < -0.4 is 5.32 Å². The lowest BCUT2D eigenvalue weighted by Crippen LogP contribution is -2.25. The SMILES string of the molecule is C=C(NCC(C)C)[C@H](C)OC. The molecule has 0 amide bonds. The summed E-state index contributed by atoms with van der Waals surface area (Å²) in [6.07, 6.45) is 0.105. The van der Waals surface area contributed by atoms with Gasteiger partial charge in [-0.3, -0.25) is 0 Å². The van der Waals surface area contributed by atoms with Crippen LogP contribution in [0.2, 0.25) is 0 Å². The van der Waals surface area contributed by atoms with Crippen LogP contribution in [0.4, 0.5) is 0 Å². The van der Waals surface area contributed by atoms with Crippen LogP contribution in [0.15, 0.2) is 12.3 Å². The maximum atomic E-state index is 5.08. The first kappa shape index (κ1) is 10.5. The van der Waals surface area contributed by atoms with Gasteiger partial charge in [-0.25, -0.2) is 0 Å². The summed E-state index contributed by atoms with van der Waals surface area (Å²) >= 11 is 0. The van der Waals surface area contributed by atoms with E-state index in [4.69, 9.17) is 4.74 Å². The van der Waals surface area contributed by atoms with Crippen LogP contribution in [0.25, 0.3) is 0 Å². The first-order chi connectivity index (χ1) is 5.07. The first-order valence-electron chi connectivity index (χ1n) is 4.03. The third kappa shape index (κ3) is 4.85. The molecule has 0 saturated carbocycles. The summed E-state index contributed by atoms with van der Waals surface area (Å²) in [5.74, 6) is 0.649. The summed E-state index contributed by atoms with van der Waals surface area (Å²) in [5.41, 5.74) is 0.959. The van der Waals surface area contributed by atoms with Crippen LogP contribution in [0, 0.1) is 5.92 Å². The second-order valence-corrected chi connectivity index (χ2v) is 3.18. The molecule has 0 aromatic rings. The molecule has 0 heterocycles. The van der Waals surface area contributed by atoms with Crippen molar-refractivity contribution >= 4 is 0 Å². The van der Waals surface area contributed by atoms with E-state index in [-0.39, 0.29) is 6.10 Å². The number of hydrogen-bond donors (Lipinski definition) is 1. The molecule has 2 heteroatoms. The lowest BCUT2D eigenvalue weighted by Gasteiger charge is -2.16. The van der Waals surface area contributed by atoms with E-state index >= 15 is 0 Å². The van der Waals surface area contributed by atoms with E-state index in [9.17, 15) is 0 Å². The monoisotopic (exact) mass is 157 g/mol. The van der Waals surface area contributed by atoms with Gasteiger partial charge in [-0.15, -0.1) is 0 Å². The fraction of sp³-hybridized carbons (Fsp3) is 0.778. The van der Waals surface area contributed by atoms with Crippen molar-refractivity contribution in [3.05, 3.63) is 12.3 Å². The smallest absolute Gasteiger partial charge is 0.0931 e. The van der Waals surface area contributed by atoms with Gasteiger partial charge in [0, 0.05) is 19.4 Å². The molecule has 0 radical (unpaired) electrons. The van der Waals surface area contributed by atoms with Crippen molar-refractivity contribution in [1.82, 2.24) is 5.32 Å². The number of methoxy groups -OCH3 is 1. The molecular formula is C9H19NO. The van der Waals surface area contributed by atoms with Crippen LogP contribution >= 0.6 is 0 Å². The molecule has 0 aromatic carbocycles. The van der Waals surface area contributed by atoms with Crippen molar-refractivity contribution in [2.45, 2.75) is 26.9 Å². The van der Waals surface area contributed by atoms with Crippen LogP contribution in [0.1, 0.15) is 20.8 Å². The Kier molecular flexibility index (Phi) is 4.95. The fourth-order valence-electron chi connectivity index (χ4n) is 0.621. The highest BCUT2D eigenvalue weighted by molar-refractivity contribution is 4.97. The predicted molar refractivity (Wildman–Crippen MR) is 48.5 cm³/mol. The Morgan fingerprint density at radius 3 is 2.36 bits per heavy atom. The van der Waals surface area contributed by atoms with E-state index in [2.05, 4.69) is 25.7 Å². The maximum absolute atomic E-state index is 5.08. The Balaban J connectivity index is 3.52. The molecular weight excluding hydrogens is 138 g/mol. The van der Waals surface area contributed by atoms with Gasteiger partial charge in [0.1, 0.15) is 0 Å². The molecule has 0 aliphatic heterocycles. The number of ether oxygens (including phenoxy) is 1. The minimum atomic E-state index is 0.105. The molecule has 0 fully saturated rings. The van der Waals surface area contributed by atoms with Crippen molar-refractivity contribution in [3.63, 3.8) is 0 Å². The Labute approximate surface area is 69.6 Å². The normalized spacial score (nSPS) is 13.2. The van der Waals surface area contributed by atoms with E-state index < -0.39 is 0 Å². The molecule has 0 aliphatic rings. The van der Waals surface area contributed by atoms with Crippen LogP contribution in [-0.2, 0) is 4.74 Å². The minimum absolute atomic E-state index is 0.105. The van der Waals surface area contributed by atoms with Gasteiger partial charge in [0.2, 0.25) is 0 Å². The van der Waals surface area contributed by atoms with Crippen molar-refractivity contribution in [2.75, 3.05) is 13.7 Å². The minimum Gasteiger partial charge on any atom is -0.386 e. The Bertz CT molecular complexity index is 121. The number of hydrogen-bond acceptors (Lipinski definition) is 2. The molecule has 11 heavy (non-hydrogen) atoms. The van der Waals surface area contributed by atoms with E-state index in [1.807, 2.05) is 6.92 Å². The van der Waals surface area contributed by atoms with Crippen LogP contribution in [-0.4, -0.2) is 19.8 Å². The lowest BCUT2D eigenvalue weighted by molar-refractivity contribution is 0.141. The Hall–Kier alpha value is -0.500. The van der Waals surface area contributed by atoms with Gasteiger partial charge >= 0.3 is 0 Å². The molecule has 2 nitrogen and oxygen atoms in total. The molecule has 66 valence electrons. The van der Waals surface area contributed by atoms with Crippen molar-refractivity contribution in [3.8, 4) is 0 Å². The zero-order chi connectivity index (χ0) is 8.85. The zero-order valence-corrected chi connectivity index (χ0v) is 7.98. The summed E-state index contributed by atoms with van der Waals surface area (Å²) in [4.78, 5) is 0. The van der Waals surface area contributed by atoms with Gasteiger partial charge < -0.3 is 10.1 Å². The van der Waals surface area contributed by atoms with Crippen molar-refractivity contribution in [1.29, 1.82) is 0 Å².